The van der Waals surface area contributed by atoms with Gasteiger partial charge in [-0.15, -0.1) is 24.0 Å². The van der Waals surface area contributed by atoms with E-state index in [1.54, 1.807) is 0 Å². The molecule has 0 radical (unpaired) electrons. The molecule has 8 heteroatoms. The first-order valence-electron chi connectivity index (χ1n) is 7.96. The third-order valence-corrected chi connectivity index (χ3v) is 4.62. The van der Waals surface area contributed by atoms with Crippen LogP contribution >= 0.6 is 35.7 Å². The summed E-state index contributed by atoms with van der Waals surface area (Å²) >= 11 is 1.85. The molecule has 1 saturated heterocycles. The lowest BCUT2D eigenvalue weighted by atomic mass is 10.3. The van der Waals surface area contributed by atoms with Crippen LogP contribution in [0.3, 0.4) is 0 Å². The van der Waals surface area contributed by atoms with Crippen molar-refractivity contribution in [3.63, 3.8) is 0 Å². The van der Waals surface area contributed by atoms with Crippen LogP contribution in [0.5, 0.6) is 0 Å². The Morgan fingerprint density at radius 2 is 1.83 bits per heavy atom. The Balaban J connectivity index is 0.00000484. The number of carbonyl (C=O) groups excluding carboxylic acids is 1. The van der Waals surface area contributed by atoms with E-state index >= 15 is 0 Å². The minimum Gasteiger partial charge on any atom is -0.355 e. The van der Waals surface area contributed by atoms with E-state index in [1.807, 2.05) is 32.7 Å². The van der Waals surface area contributed by atoms with Gasteiger partial charge in [-0.3, -0.25) is 14.7 Å². The highest BCUT2D eigenvalue weighted by Crippen LogP contribution is 2.05. The monoisotopic (exact) mass is 457 g/mol. The molecule has 0 bridgehead atoms. The van der Waals surface area contributed by atoms with Gasteiger partial charge in [0, 0.05) is 51.1 Å². The molecule has 0 aromatic heterocycles. The van der Waals surface area contributed by atoms with Crippen LogP contribution in [0.4, 0.5) is 0 Å². The zero-order valence-corrected chi connectivity index (χ0v) is 18.1. The van der Waals surface area contributed by atoms with Gasteiger partial charge in [-0.2, -0.15) is 11.8 Å². The molecule has 6 nitrogen and oxygen atoms in total. The first-order chi connectivity index (χ1) is 10.5. The van der Waals surface area contributed by atoms with Gasteiger partial charge in [0.15, 0.2) is 5.96 Å². The minimum atomic E-state index is 0. The fourth-order valence-corrected chi connectivity index (χ4v) is 2.59. The summed E-state index contributed by atoms with van der Waals surface area (Å²) in [5, 5.41) is 6.94. The molecule has 1 rings (SSSR count). The first-order valence-corrected chi connectivity index (χ1v) is 9.25. The highest BCUT2D eigenvalue weighted by molar-refractivity contribution is 14.0. The molecule has 0 spiro atoms. The van der Waals surface area contributed by atoms with Gasteiger partial charge in [0.05, 0.1) is 6.54 Å². The SMILES string of the molecule is CN=C(NCC(C)SC)N1CCN(CC(=O)NC(C)C)CC1.I. The van der Waals surface area contributed by atoms with Gasteiger partial charge in [0.2, 0.25) is 5.91 Å². The summed E-state index contributed by atoms with van der Waals surface area (Å²) in [6, 6.07) is 0.204. The van der Waals surface area contributed by atoms with Crippen molar-refractivity contribution in [3.05, 3.63) is 0 Å². The average Bonchev–Trinajstić information content (AvgIpc) is 2.48. The minimum absolute atomic E-state index is 0. The van der Waals surface area contributed by atoms with Crippen molar-refractivity contribution in [2.45, 2.75) is 32.1 Å². The van der Waals surface area contributed by atoms with Crippen molar-refractivity contribution in [2.24, 2.45) is 4.99 Å². The number of hydrogen-bond donors (Lipinski definition) is 2. The molecule has 136 valence electrons. The maximum atomic E-state index is 11.8. The van der Waals surface area contributed by atoms with E-state index in [0.717, 1.165) is 38.7 Å². The molecule has 1 unspecified atom stereocenters. The van der Waals surface area contributed by atoms with Gasteiger partial charge in [0.25, 0.3) is 0 Å². The standard InChI is InChI=1S/C15H31N5OS.HI/c1-12(2)18-14(21)11-19-6-8-20(9-7-19)15(16-4)17-10-13(3)22-5;/h12-13H,6-11H2,1-5H3,(H,16,17)(H,18,21);1H. The molecule has 0 aromatic carbocycles. The van der Waals surface area contributed by atoms with E-state index in [0.29, 0.717) is 11.8 Å². The number of amides is 1. The second-order valence-corrected chi connectivity index (χ2v) is 7.24. The zero-order chi connectivity index (χ0) is 16.5. The van der Waals surface area contributed by atoms with Gasteiger partial charge in [0.1, 0.15) is 0 Å². The van der Waals surface area contributed by atoms with Gasteiger partial charge >= 0.3 is 0 Å². The van der Waals surface area contributed by atoms with E-state index in [4.69, 9.17) is 0 Å². The van der Waals surface area contributed by atoms with Crippen molar-refractivity contribution >= 4 is 47.6 Å². The molecule has 0 saturated carbocycles. The quantitative estimate of drug-likeness (QED) is 0.355. The second-order valence-electron chi connectivity index (χ2n) is 5.96. The van der Waals surface area contributed by atoms with Crippen LogP contribution in [0.1, 0.15) is 20.8 Å². The van der Waals surface area contributed by atoms with Gasteiger partial charge in [-0.05, 0) is 20.1 Å². The second kappa shape index (κ2) is 12.2. The smallest absolute Gasteiger partial charge is 0.234 e. The van der Waals surface area contributed by atoms with Gasteiger partial charge in [-0.1, -0.05) is 6.92 Å². The van der Waals surface area contributed by atoms with Crippen LogP contribution in [0.25, 0.3) is 0 Å². The maximum Gasteiger partial charge on any atom is 0.234 e. The fraction of sp³-hybridized carbons (Fsp3) is 0.867. The summed E-state index contributed by atoms with van der Waals surface area (Å²) < 4.78 is 0. The van der Waals surface area contributed by atoms with E-state index in [1.165, 1.54) is 0 Å². The number of carbonyl (C=O) groups is 1. The molecule has 0 aliphatic carbocycles. The zero-order valence-electron chi connectivity index (χ0n) is 15.0. The summed E-state index contributed by atoms with van der Waals surface area (Å²) in [5.41, 5.74) is 0. The number of nitrogens with one attached hydrogen (secondary N) is 2. The average molecular weight is 457 g/mol. The summed E-state index contributed by atoms with van der Waals surface area (Å²) in [6.07, 6.45) is 2.12. The largest absolute Gasteiger partial charge is 0.355 e. The highest BCUT2D eigenvalue weighted by atomic mass is 127. The number of piperazine rings is 1. The van der Waals surface area contributed by atoms with Crippen LogP contribution < -0.4 is 10.6 Å². The lowest BCUT2D eigenvalue weighted by Crippen LogP contribution is -2.54. The molecule has 2 N–H and O–H groups in total. The molecular formula is C15H32IN5OS. The topological polar surface area (TPSA) is 60.0 Å². The number of halogens is 1. The Bertz CT molecular complexity index is 373. The van der Waals surface area contributed by atoms with Gasteiger partial charge in [-0.25, -0.2) is 0 Å². The molecule has 1 aliphatic rings. The number of rotatable bonds is 6. The molecule has 1 atom stereocenters. The van der Waals surface area contributed by atoms with Crippen LogP contribution in [0, 0.1) is 0 Å². The van der Waals surface area contributed by atoms with Crippen molar-refractivity contribution in [3.8, 4) is 0 Å². The third kappa shape index (κ3) is 8.99. The normalized spacial score (nSPS) is 17.7. The van der Waals surface area contributed by atoms with Crippen molar-refractivity contribution in [2.75, 3.05) is 52.6 Å². The molecule has 1 aliphatic heterocycles. The van der Waals surface area contributed by atoms with Crippen LogP contribution in [0.15, 0.2) is 4.99 Å². The predicted molar refractivity (Wildman–Crippen MR) is 111 cm³/mol. The maximum absolute atomic E-state index is 11.8. The predicted octanol–water partition coefficient (Wildman–Crippen LogP) is 1.07. The number of guanidine groups is 1. The summed E-state index contributed by atoms with van der Waals surface area (Å²) in [6.45, 7) is 11.2. The number of thioether (sulfide) groups is 1. The van der Waals surface area contributed by atoms with Crippen LogP contribution in [0.2, 0.25) is 0 Å². The van der Waals surface area contributed by atoms with Crippen molar-refractivity contribution in [1.29, 1.82) is 0 Å². The molecular weight excluding hydrogens is 425 g/mol. The van der Waals surface area contributed by atoms with E-state index in [-0.39, 0.29) is 35.9 Å². The third-order valence-electron chi connectivity index (χ3n) is 3.65. The first kappa shape index (κ1) is 22.8. The Morgan fingerprint density at radius 3 is 2.30 bits per heavy atom. The summed E-state index contributed by atoms with van der Waals surface area (Å²) in [5.74, 6) is 1.08. The number of nitrogens with zero attached hydrogens (tertiary/aromatic N) is 3. The van der Waals surface area contributed by atoms with Crippen LogP contribution in [-0.2, 0) is 4.79 Å². The van der Waals surface area contributed by atoms with Gasteiger partial charge < -0.3 is 15.5 Å². The molecule has 0 aromatic rings. The highest BCUT2D eigenvalue weighted by Gasteiger charge is 2.21. The van der Waals surface area contributed by atoms with Crippen LogP contribution in [-0.4, -0.2) is 85.5 Å². The van der Waals surface area contributed by atoms with Crippen molar-refractivity contribution < 1.29 is 4.79 Å². The molecule has 23 heavy (non-hydrogen) atoms. The van der Waals surface area contributed by atoms with E-state index in [2.05, 4.69) is 38.6 Å². The Hall–Kier alpha value is -0.220. The number of aliphatic imine (C=N–C) groups is 1. The Morgan fingerprint density at radius 1 is 1.22 bits per heavy atom. The lowest BCUT2D eigenvalue weighted by Gasteiger charge is -2.36. The Labute approximate surface area is 162 Å². The van der Waals surface area contributed by atoms with E-state index < -0.39 is 0 Å². The molecule has 1 amide bonds. The molecule has 1 heterocycles. The van der Waals surface area contributed by atoms with Crippen molar-refractivity contribution in [1.82, 2.24) is 20.4 Å². The summed E-state index contributed by atoms with van der Waals surface area (Å²) in [7, 11) is 1.83. The summed E-state index contributed by atoms with van der Waals surface area (Å²) in [4.78, 5) is 20.6. The fourth-order valence-electron chi connectivity index (χ4n) is 2.34. The lowest BCUT2D eigenvalue weighted by molar-refractivity contribution is -0.123. The Kier molecular flexibility index (Phi) is 12.1. The van der Waals surface area contributed by atoms with E-state index in [9.17, 15) is 4.79 Å². The number of hydrogen-bond acceptors (Lipinski definition) is 4. The molecule has 1 fully saturated rings.